The first-order valence-corrected chi connectivity index (χ1v) is 6.91. The molecule has 0 saturated heterocycles. The number of hydrogen-bond acceptors (Lipinski definition) is 4. The van der Waals surface area contributed by atoms with Crippen LogP contribution in [0.15, 0.2) is 18.2 Å². The molecule has 5 nitrogen and oxygen atoms in total. The monoisotopic (exact) mass is 315 g/mol. The van der Waals surface area contributed by atoms with Gasteiger partial charge in [0.05, 0.1) is 12.1 Å². The molecular formula is C15H19F2NO4. The summed E-state index contributed by atoms with van der Waals surface area (Å²) in [4.78, 5) is 11.8. The lowest BCUT2D eigenvalue weighted by atomic mass is 10.1. The van der Waals surface area contributed by atoms with Gasteiger partial charge in [-0.2, -0.15) is 8.78 Å². The molecule has 0 saturated carbocycles. The highest BCUT2D eigenvalue weighted by Gasteiger charge is 2.33. The number of halogens is 2. The largest absolute Gasteiger partial charge is 0.444 e. The molecule has 1 aromatic rings. The van der Waals surface area contributed by atoms with Gasteiger partial charge >= 0.3 is 12.7 Å². The smallest absolute Gasteiger partial charge is 0.408 e. The van der Waals surface area contributed by atoms with E-state index in [4.69, 9.17) is 4.74 Å². The summed E-state index contributed by atoms with van der Waals surface area (Å²) in [6.45, 7) is 2.30. The Kier molecular flexibility index (Phi) is 4.55. The average Bonchev–Trinajstić information content (AvgIpc) is 2.62. The van der Waals surface area contributed by atoms with Crippen LogP contribution in [0.25, 0.3) is 0 Å². The molecule has 122 valence electrons. The maximum absolute atomic E-state index is 12.2. The molecule has 2 rings (SSSR count). The minimum absolute atomic E-state index is 0.0267. The molecule has 22 heavy (non-hydrogen) atoms. The van der Waals surface area contributed by atoms with Gasteiger partial charge in [0, 0.05) is 6.42 Å². The topological polar surface area (TPSA) is 67.8 Å². The summed E-state index contributed by atoms with van der Waals surface area (Å²) >= 11 is 0. The Balaban J connectivity index is 2.12. The summed E-state index contributed by atoms with van der Waals surface area (Å²) in [6.07, 6.45) is -1.24. The number of aliphatic hydroxyl groups excluding tert-OH is 1. The second kappa shape index (κ2) is 6.08. The molecule has 1 amide bonds. The molecule has 1 aliphatic rings. The van der Waals surface area contributed by atoms with Gasteiger partial charge in [0.25, 0.3) is 0 Å². The Morgan fingerprint density at radius 3 is 2.68 bits per heavy atom. The third-order valence-corrected chi connectivity index (χ3v) is 3.16. The van der Waals surface area contributed by atoms with Crippen molar-refractivity contribution in [2.24, 2.45) is 0 Å². The predicted octanol–water partition coefficient (Wildman–Crippen LogP) is 2.77. The van der Waals surface area contributed by atoms with E-state index in [9.17, 15) is 18.7 Å². The van der Waals surface area contributed by atoms with Crippen LogP contribution in [0.4, 0.5) is 13.6 Å². The molecule has 0 bridgehead atoms. The van der Waals surface area contributed by atoms with Crippen LogP contribution in [-0.4, -0.2) is 29.5 Å². The first kappa shape index (κ1) is 16.5. The van der Waals surface area contributed by atoms with E-state index < -0.39 is 30.5 Å². The van der Waals surface area contributed by atoms with Gasteiger partial charge in [0.2, 0.25) is 0 Å². The second-order valence-electron chi connectivity index (χ2n) is 6.13. The lowest BCUT2D eigenvalue weighted by Gasteiger charge is -2.23. The normalized spacial score (nSPS) is 20.7. The summed E-state index contributed by atoms with van der Waals surface area (Å²) in [7, 11) is 0. The highest BCUT2D eigenvalue weighted by molar-refractivity contribution is 5.69. The number of carbonyl (C=O) groups excluding carboxylic acids is 1. The van der Waals surface area contributed by atoms with Crippen molar-refractivity contribution in [3.05, 3.63) is 29.3 Å². The molecule has 0 unspecified atom stereocenters. The van der Waals surface area contributed by atoms with Crippen molar-refractivity contribution >= 4 is 6.09 Å². The lowest BCUT2D eigenvalue weighted by Crippen LogP contribution is -2.38. The molecule has 0 heterocycles. The van der Waals surface area contributed by atoms with E-state index in [1.54, 1.807) is 26.8 Å². The molecule has 1 aromatic carbocycles. The summed E-state index contributed by atoms with van der Waals surface area (Å²) in [6, 6.07) is 3.75. The van der Waals surface area contributed by atoms with Gasteiger partial charge in [-0.25, -0.2) is 4.79 Å². The Morgan fingerprint density at radius 1 is 1.41 bits per heavy atom. The SMILES string of the molecule is CC(C)(C)OC(=O)N[C@H]1c2ccc(OC(F)F)cc2C[C@H]1O. The molecule has 2 atom stereocenters. The fraction of sp³-hybridized carbons (Fsp3) is 0.533. The Morgan fingerprint density at radius 2 is 2.09 bits per heavy atom. The van der Waals surface area contributed by atoms with Gasteiger partial charge in [0.15, 0.2) is 0 Å². The zero-order valence-corrected chi connectivity index (χ0v) is 12.6. The van der Waals surface area contributed by atoms with Crippen molar-refractivity contribution < 1.29 is 28.2 Å². The summed E-state index contributed by atoms with van der Waals surface area (Å²) in [5, 5.41) is 12.7. The van der Waals surface area contributed by atoms with Gasteiger partial charge < -0.3 is 19.9 Å². The van der Waals surface area contributed by atoms with E-state index >= 15 is 0 Å². The number of ether oxygens (including phenoxy) is 2. The second-order valence-corrected chi connectivity index (χ2v) is 6.13. The van der Waals surface area contributed by atoms with Gasteiger partial charge in [-0.1, -0.05) is 6.07 Å². The predicted molar refractivity (Wildman–Crippen MR) is 74.9 cm³/mol. The highest BCUT2D eigenvalue weighted by atomic mass is 19.3. The molecular weight excluding hydrogens is 296 g/mol. The summed E-state index contributed by atoms with van der Waals surface area (Å²) in [5.74, 6) is 0.0267. The average molecular weight is 315 g/mol. The van der Waals surface area contributed by atoms with Gasteiger partial charge in [0.1, 0.15) is 11.4 Å². The zero-order valence-electron chi connectivity index (χ0n) is 12.6. The molecule has 2 N–H and O–H groups in total. The number of rotatable bonds is 3. The molecule has 0 aromatic heterocycles. The number of alkyl halides is 2. The summed E-state index contributed by atoms with van der Waals surface area (Å²) in [5.41, 5.74) is 0.678. The number of alkyl carbamates (subject to hydrolysis) is 1. The zero-order chi connectivity index (χ0) is 16.5. The molecule has 0 spiro atoms. The van der Waals surface area contributed by atoms with Crippen LogP contribution in [0.3, 0.4) is 0 Å². The van der Waals surface area contributed by atoms with Crippen LogP contribution < -0.4 is 10.1 Å². The van der Waals surface area contributed by atoms with Crippen LogP contribution in [0.5, 0.6) is 5.75 Å². The van der Waals surface area contributed by atoms with Crippen LogP contribution in [-0.2, 0) is 11.2 Å². The Bertz CT molecular complexity index is 557. The first-order chi connectivity index (χ1) is 10.2. The van der Waals surface area contributed by atoms with E-state index in [1.165, 1.54) is 12.1 Å². The highest BCUT2D eigenvalue weighted by Crippen LogP contribution is 2.34. The van der Waals surface area contributed by atoms with Crippen LogP contribution in [0.1, 0.15) is 37.9 Å². The van der Waals surface area contributed by atoms with Gasteiger partial charge in [-0.05, 0) is 44.0 Å². The number of hydrogen-bond donors (Lipinski definition) is 2. The van der Waals surface area contributed by atoms with Gasteiger partial charge in [-0.3, -0.25) is 0 Å². The van der Waals surface area contributed by atoms with Crippen LogP contribution in [0.2, 0.25) is 0 Å². The fourth-order valence-corrected chi connectivity index (χ4v) is 2.40. The van der Waals surface area contributed by atoms with E-state index in [1.807, 2.05) is 0 Å². The molecule has 0 aliphatic heterocycles. The van der Waals surface area contributed by atoms with Crippen molar-refractivity contribution in [3.63, 3.8) is 0 Å². The number of aliphatic hydroxyl groups is 1. The Hall–Kier alpha value is -1.89. The van der Waals surface area contributed by atoms with Crippen molar-refractivity contribution in [2.45, 2.75) is 51.6 Å². The standard InChI is InChI=1S/C15H19F2NO4/c1-15(2,3)22-14(20)18-12-10-5-4-9(21-13(16)17)6-8(10)7-11(12)19/h4-6,11-13,19H,7H2,1-3H3,(H,18,20)/t11-,12+/m1/s1. The first-order valence-electron chi connectivity index (χ1n) is 6.91. The van der Waals surface area contributed by atoms with Gasteiger partial charge in [-0.15, -0.1) is 0 Å². The van der Waals surface area contributed by atoms with Crippen LogP contribution in [0, 0.1) is 0 Å². The van der Waals surface area contributed by atoms with E-state index in [-0.39, 0.29) is 12.2 Å². The molecule has 1 aliphatic carbocycles. The minimum Gasteiger partial charge on any atom is -0.444 e. The van der Waals surface area contributed by atoms with Crippen molar-refractivity contribution in [3.8, 4) is 5.75 Å². The number of nitrogens with one attached hydrogen (secondary N) is 1. The molecule has 0 radical (unpaired) electrons. The maximum Gasteiger partial charge on any atom is 0.408 e. The maximum atomic E-state index is 12.2. The third-order valence-electron chi connectivity index (χ3n) is 3.16. The quantitative estimate of drug-likeness (QED) is 0.900. The fourth-order valence-electron chi connectivity index (χ4n) is 2.40. The van der Waals surface area contributed by atoms with E-state index in [0.717, 1.165) is 0 Å². The van der Waals surface area contributed by atoms with E-state index in [2.05, 4.69) is 10.1 Å². The summed E-state index contributed by atoms with van der Waals surface area (Å²) < 4.78 is 33.9. The van der Waals surface area contributed by atoms with Crippen molar-refractivity contribution in [2.75, 3.05) is 0 Å². The van der Waals surface area contributed by atoms with Crippen molar-refractivity contribution in [1.29, 1.82) is 0 Å². The van der Waals surface area contributed by atoms with Crippen LogP contribution >= 0.6 is 0 Å². The third kappa shape index (κ3) is 4.07. The minimum atomic E-state index is -2.90. The van der Waals surface area contributed by atoms with E-state index in [0.29, 0.717) is 11.1 Å². The molecule has 0 fully saturated rings. The number of carbonyl (C=O) groups is 1. The number of fused-ring (bicyclic) bond motifs is 1. The Labute approximate surface area is 127 Å². The number of benzene rings is 1. The lowest BCUT2D eigenvalue weighted by molar-refractivity contribution is -0.0498. The van der Waals surface area contributed by atoms with Crippen molar-refractivity contribution in [1.82, 2.24) is 5.32 Å². The number of amides is 1. The molecule has 7 heteroatoms.